The van der Waals surface area contributed by atoms with Gasteiger partial charge in [0.15, 0.2) is 0 Å². The van der Waals surface area contributed by atoms with E-state index < -0.39 is 0 Å². The fraction of sp³-hybridized carbons (Fsp3) is 0.280. The molecule has 0 N–H and O–H groups in total. The third-order valence-electron chi connectivity index (χ3n) is 5.19. The lowest BCUT2D eigenvalue weighted by atomic mass is 9.98. The van der Waals surface area contributed by atoms with Gasteiger partial charge in [-0.15, -0.1) is 0 Å². The molecule has 0 saturated heterocycles. The lowest BCUT2D eigenvalue weighted by Crippen LogP contribution is -1.98. The van der Waals surface area contributed by atoms with Gasteiger partial charge in [-0.3, -0.25) is 0 Å². The van der Waals surface area contributed by atoms with E-state index in [0.717, 1.165) is 36.8 Å². The number of benzene rings is 3. The van der Waals surface area contributed by atoms with Crippen molar-refractivity contribution in [3.05, 3.63) is 105 Å². The van der Waals surface area contributed by atoms with Crippen LogP contribution in [0.1, 0.15) is 38.9 Å². The first-order chi connectivity index (χ1) is 12.5. The highest BCUT2D eigenvalue weighted by atomic mass is 19.1. The number of hydrogen-bond acceptors (Lipinski definition) is 0. The molecular formula is C25H27F. The Balaban J connectivity index is 1.59. The van der Waals surface area contributed by atoms with Crippen LogP contribution >= 0.6 is 0 Å². The average molecular weight is 346 g/mol. The highest BCUT2D eigenvalue weighted by Crippen LogP contribution is 2.17. The molecule has 0 aromatic heterocycles. The molecule has 0 atom stereocenters. The van der Waals surface area contributed by atoms with Gasteiger partial charge in [0, 0.05) is 0 Å². The maximum absolute atomic E-state index is 14.5. The molecule has 0 aliphatic heterocycles. The Kier molecular flexibility index (Phi) is 5.88. The van der Waals surface area contributed by atoms with Crippen molar-refractivity contribution in [3.8, 4) is 0 Å². The van der Waals surface area contributed by atoms with Crippen LogP contribution in [-0.4, -0.2) is 0 Å². The van der Waals surface area contributed by atoms with Gasteiger partial charge in [0.05, 0.1) is 0 Å². The molecule has 3 aromatic carbocycles. The number of aryl methyl sites for hydroxylation is 7. The Labute approximate surface area is 156 Å². The maximum atomic E-state index is 14.5. The Bertz CT molecular complexity index is 875. The number of halogens is 1. The second-order valence-corrected chi connectivity index (χ2v) is 7.33. The molecule has 0 aliphatic rings. The van der Waals surface area contributed by atoms with E-state index in [2.05, 4.69) is 69.3 Å². The largest absolute Gasteiger partial charge is 0.207 e. The van der Waals surface area contributed by atoms with Gasteiger partial charge in [-0.05, 0) is 85.9 Å². The third-order valence-corrected chi connectivity index (χ3v) is 5.19. The second kappa shape index (κ2) is 8.31. The summed E-state index contributed by atoms with van der Waals surface area (Å²) >= 11 is 0. The highest BCUT2D eigenvalue weighted by molar-refractivity contribution is 5.32. The molecule has 0 saturated carbocycles. The minimum absolute atomic E-state index is 0.0739. The van der Waals surface area contributed by atoms with Crippen molar-refractivity contribution in [2.75, 3.05) is 0 Å². The van der Waals surface area contributed by atoms with Crippen molar-refractivity contribution in [3.63, 3.8) is 0 Å². The standard InChI is InChI=1S/C25H27F/c1-18-4-7-21(8-5-18)10-11-23-13-15-24(25(26)17-23)14-12-22-9-6-19(2)20(3)16-22/h4-9,13,15-17H,10-12,14H2,1-3H3. The van der Waals surface area contributed by atoms with E-state index in [1.807, 2.05) is 6.07 Å². The summed E-state index contributed by atoms with van der Waals surface area (Å²) in [5.74, 6) is -0.0739. The van der Waals surface area contributed by atoms with Crippen molar-refractivity contribution in [2.45, 2.75) is 46.5 Å². The summed E-state index contributed by atoms with van der Waals surface area (Å²) in [6.45, 7) is 6.34. The summed E-state index contributed by atoms with van der Waals surface area (Å²) in [5.41, 5.74) is 8.33. The molecule has 0 bridgehead atoms. The fourth-order valence-electron chi connectivity index (χ4n) is 3.23. The van der Waals surface area contributed by atoms with Crippen LogP contribution in [0.3, 0.4) is 0 Å². The molecule has 0 unspecified atom stereocenters. The van der Waals surface area contributed by atoms with Gasteiger partial charge in [-0.25, -0.2) is 4.39 Å². The van der Waals surface area contributed by atoms with E-state index in [9.17, 15) is 4.39 Å². The second-order valence-electron chi connectivity index (χ2n) is 7.33. The van der Waals surface area contributed by atoms with Crippen LogP contribution < -0.4 is 0 Å². The molecule has 134 valence electrons. The zero-order valence-electron chi connectivity index (χ0n) is 16.0. The average Bonchev–Trinajstić information content (AvgIpc) is 2.63. The van der Waals surface area contributed by atoms with Gasteiger partial charge in [0.1, 0.15) is 5.82 Å². The molecule has 0 nitrogen and oxygen atoms in total. The number of hydrogen-bond donors (Lipinski definition) is 0. The summed E-state index contributed by atoms with van der Waals surface area (Å²) in [5, 5.41) is 0. The van der Waals surface area contributed by atoms with Crippen LogP contribution in [0.25, 0.3) is 0 Å². The Morgan fingerprint density at radius 3 is 1.85 bits per heavy atom. The van der Waals surface area contributed by atoms with Crippen LogP contribution in [0.15, 0.2) is 60.7 Å². The van der Waals surface area contributed by atoms with E-state index in [4.69, 9.17) is 0 Å². The van der Waals surface area contributed by atoms with Crippen LogP contribution in [-0.2, 0) is 25.7 Å². The normalized spacial score (nSPS) is 10.9. The topological polar surface area (TPSA) is 0 Å². The van der Waals surface area contributed by atoms with Gasteiger partial charge in [-0.2, -0.15) is 0 Å². The van der Waals surface area contributed by atoms with Crippen molar-refractivity contribution in [1.82, 2.24) is 0 Å². The fourth-order valence-corrected chi connectivity index (χ4v) is 3.23. The molecule has 0 heterocycles. The van der Waals surface area contributed by atoms with Gasteiger partial charge in [0.25, 0.3) is 0 Å². The smallest absolute Gasteiger partial charge is 0.126 e. The van der Waals surface area contributed by atoms with E-state index in [1.54, 1.807) is 6.07 Å². The van der Waals surface area contributed by atoms with Gasteiger partial charge in [0.2, 0.25) is 0 Å². The monoisotopic (exact) mass is 346 g/mol. The van der Waals surface area contributed by atoms with E-state index in [-0.39, 0.29) is 5.82 Å². The first kappa shape index (κ1) is 18.4. The molecule has 3 rings (SSSR count). The molecule has 0 amide bonds. The lowest BCUT2D eigenvalue weighted by molar-refractivity contribution is 0.606. The molecule has 26 heavy (non-hydrogen) atoms. The summed E-state index contributed by atoms with van der Waals surface area (Å²) in [7, 11) is 0. The Hall–Kier alpha value is -2.41. The summed E-state index contributed by atoms with van der Waals surface area (Å²) in [4.78, 5) is 0. The Morgan fingerprint density at radius 1 is 0.577 bits per heavy atom. The van der Waals surface area contributed by atoms with Crippen molar-refractivity contribution < 1.29 is 4.39 Å². The first-order valence-electron chi connectivity index (χ1n) is 9.40. The van der Waals surface area contributed by atoms with Crippen LogP contribution in [0, 0.1) is 26.6 Å². The first-order valence-corrected chi connectivity index (χ1v) is 9.40. The summed E-state index contributed by atoms with van der Waals surface area (Å²) < 4.78 is 14.5. The van der Waals surface area contributed by atoms with Gasteiger partial charge in [-0.1, -0.05) is 60.2 Å². The summed E-state index contributed by atoms with van der Waals surface area (Å²) in [6.07, 6.45) is 3.44. The predicted molar refractivity (Wildman–Crippen MR) is 108 cm³/mol. The van der Waals surface area contributed by atoms with Crippen molar-refractivity contribution in [2.24, 2.45) is 0 Å². The van der Waals surface area contributed by atoms with Gasteiger partial charge >= 0.3 is 0 Å². The van der Waals surface area contributed by atoms with E-state index in [0.29, 0.717) is 0 Å². The molecule has 1 heteroatoms. The number of rotatable bonds is 6. The van der Waals surface area contributed by atoms with Gasteiger partial charge < -0.3 is 0 Å². The van der Waals surface area contributed by atoms with E-state index in [1.165, 1.54) is 27.8 Å². The maximum Gasteiger partial charge on any atom is 0.126 e. The zero-order valence-corrected chi connectivity index (χ0v) is 16.0. The van der Waals surface area contributed by atoms with E-state index >= 15 is 0 Å². The predicted octanol–water partition coefficient (Wildman–Crippen LogP) is 6.32. The molecule has 3 aromatic rings. The minimum Gasteiger partial charge on any atom is -0.207 e. The SMILES string of the molecule is Cc1ccc(CCc2ccc(CCc3ccc(C)c(C)c3)c(F)c2)cc1. The van der Waals surface area contributed by atoms with Crippen LogP contribution in [0.5, 0.6) is 0 Å². The highest BCUT2D eigenvalue weighted by Gasteiger charge is 2.06. The van der Waals surface area contributed by atoms with Crippen molar-refractivity contribution in [1.29, 1.82) is 0 Å². The molecule has 0 aliphatic carbocycles. The van der Waals surface area contributed by atoms with Crippen LogP contribution in [0.2, 0.25) is 0 Å². The van der Waals surface area contributed by atoms with Crippen LogP contribution in [0.4, 0.5) is 4.39 Å². The molecule has 0 fully saturated rings. The minimum atomic E-state index is -0.0739. The lowest BCUT2D eigenvalue weighted by Gasteiger charge is -2.08. The Morgan fingerprint density at radius 2 is 1.15 bits per heavy atom. The summed E-state index contributed by atoms with van der Waals surface area (Å²) in [6, 6.07) is 20.8. The quantitative estimate of drug-likeness (QED) is 0.490. The molecule has 0 spiro atoms. The zero-order chi connectivity index (χ0) is 18.5. The molecule has 0 radical (unpaired) electrons. The van der Waals surface area contributed by atoms with Crippen molar-refractivity contribution >= 4 is 0 Å². The third kappa shape index (κ3) is 4.82. The molecular weight excluding hydrogens is 319 g/mol.